The summed E-state index contributed by atoms with van der Waals surface area (Å²) in [6, 6.07) is 8.75. The van der Waals surface area contributed by atoms with E-state index in [4.69, 9.17) is 0 Å². The fourth-order valence-corrected chi connectivity index (χ4v) is 6.97. The first-order chi connectivity index (χ1) is 19.4. The first-order valence-electron chi connectivity index (χ1n) is 14.5. The number of aromatic nitrogens is 3. The van der Waals surface area contributed by atoms with Gasteiger partial charge in [-0.05, 0) is 98.9 Å². The number of anilines is 2. The summed E-state index contributed by atoms with van der Waals surface area (Å²) in [5.74, 6) is 0.929. The van der Waals surface area contributed by atoms with Crippen LogP contribution < -0.4 is 15.5 Å². The van der Waals surface area contributed by atoms with Crippen LogP contribution in [0.1, 0.15) is 91.3 Å². The molecular formula is C31H37F3N6O. The topological polar surface area (TPSA) is 75.1 Å². The van der Waals surface area contributed by atoms with Crippen LogP contribution in [0, 0.1) is 5.92 Å². The molecule has 1 aromatic heterocycles. The molecule has 1 aliphatic heterocycles. The first kappa shape index (κ1) is 27.8. The molecule has 6 rings (SSSR count). The highest BCUT2D eigenvalue weighted by Gasteiger charge is 2.49. The number of carbonyl (C=O) groups excluding carboxylic acids is 1. The van der Waals surface area contributed by atoms with Crippen LogP contribution in [0.5, 0.6) is 0 Å². The zero-order chi connectivity index (χ0) is 29.2. The minimum atomic E-state index is -4.56. The van der Waals surface area contributed by atoms with Gasteiger partial charge >= 0.3 is 6.18 Å². The number of nitrogens with one attached hydrogen (secondary N) is 2. The lowest BCUT2D eigenvalue weighted by Gasteiger charge is -2.46. The Hall–Kier alpha value is -3.40. The molecule has 7 nitrogen and oxygen atoms in total. The van der Waals surface area contributed by atoms with Crippen molar-refractivity contribution >= 4 is 17.3 Å². The zero-order valence-corrected chi connectivity index (χ0v) is 24.0. The molecule has 2 aromatic carbocycles. The molecule has 0 spiro atoms. The summed E-state index contributed by atoms with van der Waals surface area (Å²) in [5.41, 5.74) is 1.86. The molecule has 41 heavy (non-hydrogen) atoms. The maximum Gasteiger partial charge on any atom is 0.416 e. The smallest absolute Gasteiger partial charge is 0.385 e. The van der Waals surface area contributed by atoms with Crippen LogP contribution >= 0.6 is 0 Å². The SMILES string of the molecule is CCNc1cc(N2Cc3c(cc(CNC4(C)CCC4)cc3C(F)(F)F)C2=O)cc(C2(c3nncn3C)CC(C)C2)c1. The van der Waals surface area contributed by atoms with Crippen LogP contribution in [0.2, 0.25) is 0 Å². The Balaban J connectivity index is 1.40. The van der Waals surface area contributed by atoms with Gasteiger partial charge in [0.05, 0.1) is 17.5 Å². The molecule has 3 aliphatic rings. The molecule has 10 heteroatoms. The first-order valence-corrected chi connectivity index (χ1v) is 14.5. The molecule has 0 radical (unpaired) electrons. The number of aryl methyl sites for hydroxylation is 1. The minimum Gasteiger partial charge on any atom is -0.385 e. The van der Waals surface area contributed by atoms with Gasteiger partial charge in [-0.15, -0.1) is 10.2 Å². The summed E-state index contributed by atoms with van der Waals surface area (Å²) in [7, 11) is 1.92. The number of rotatable bonds is 8. The Morgan fingerprint density at radius 2 is 1.88 bits per heavy atom. The van der Waals surface area contributed by atoms with Crippen LogP contribution in [-0.2, 0) is 31.7 Å². The van der Waals surface area contributed by atoms with Crippen molar-refractivity contribution in [3.05, 3.63) is 70.3 Å². The van der Waals surface area contributed by atoms with Crippen molar-refractivity contribution in [2.75, 3.05) is 16.8 Å². The molecule has 2 saturated carbocycles. The molecule has 0 unspecified atom stereocenters. The van der Waals surface area contributed by atoms with Crippen molar-refractivity contribution in [2.24, 2.45) is 13.0 Å². The van der Waals surface area contributed by atoms with Crippen LogP contribution in [-0.4, -0.2) is 32.8 Å². The van der Waals surface area contributed by atoms with Crippen LogP contribution in [0.3, 0.4) is 0 Å². The van der Waals surface area contributed by atoms with E-state index < -0.39 is 17.6 Å². The van der Waals surface area contributed by atoms with Gasteiger partial charge in [0.25, 0.3) is 5.91 Å². The lowest BCUT2D eigenvalue weighted by molar-refractivity contribution is -0.138. The van der Waals surface area contributed by atoms with E-state index in [1.165, 1.54) is 11.0 Å². The van der Waals surface area contributed by atoms with Crippen molar-refractivity contribution in [3.8, 4) is 0 Å². The van der Waals surface area contributed by atoms with Crippen molar-refractivity contribution in [1.29, 1.82) is 0 Å². The number of amides is 1. The second kappa shape index (κ2) is 9.86. The summed E-state index contributed by atoms with van der Waals surface area (Å²) >= 11 is 0. The minimum absolute atomic E-state index is 0.0387. The number of benzene rings is 2. The maximum absolute atomic E-state index is 14.3. The largest absolute Gasteiger partial charge is 0.416 e. The summed E-state index contributed by atoms with van der Waals surface area (Å²) in [6.45, 7) is 7.10. The van der Waals surface area contributed by atoms with E-state index in [1.54, 1.807) is 12.4 Å². The highest BCUT2D eigenvalue weighted by Crippen LogP contribution is 2.53. The predicted octanol–water partition coefficient (Wildman–Crippen LogP) is 6.17. The normalized spacial score (nSPS) is 23.2. The van der Waals surface area contributed by atoms with E-state index >= 15 is 0 Å². The monoisotopic (exact) mass is 566 g/mol. The van der Waals surface area contributed by atoms with E-state index in [0.29, 0.717) is 30.3 Å². The molecule has 2 aliphatic carbocycles. The number of hydrogen-bond acceptors (Lipinski definition) is 5. The predicted molar refractivity (Wildman–Crippen MR) is 152 cm³/mol. The number of fused-ring (bicyclic) bond motifs is 1. The number of carbonyl (C=O) groups is 1. The Morgan fingerprint density at radius 1 is 1.12 bits per heavy atom. The van der Waals surface area contributed by atoms with E-state index in [9.17, 15) is 18.0 Å². The van der Waals surface area contributed by atoms with Gasteiger partial charge in [0, 0.05) is 42.6 Å². The van der Waals surface area contributed by atoms with Gasteiger partial charge in [0.2, 0.25) is 0 Å². The van der Waals surface area contributed by atoms with Gasteiger partial charge in [-0.1, -0.05) is 6.92 Å². The average Bonchev–Trinajstić information content (AvgIpc) is 3.46. The second-order valence-corrected chi connectivity index (χ2v) is 12.5. The van der Waals surface area contributed by atoms with Gasteiger partial charge in [0.1, 0.15) is 12.2 Å². The van der Waals surface area contributed by atoms with Crippen molar-refractivity contribution in [1.82, 2.24) is 20.1 Å². The van der Waals surface area contributed by atoms with Crippen molar-refractivity contribution < 1.29 is 18.0 Å². The number of alkyl halides is 3. The molecule has 3 aromatic rings. The van der Waals surface area contributed by atoms with Crippen molar-refractivity contribution in [2.45, 2.75) is 83.1 Å². The Kier molecular flexibility index (Phi) is 6.67. The Bertz CT molecular complexity index is 1490. The summed E-state index contributed by atoms with van der Waals surface area (Å²) in [4.78, 5) is 15.3. The lowest BCUT2D eigenvalue weighted by atomic mass is 9.58. The third-order valence-corrected chi connectivity index (χ3v) is 9.28. The van der Waals surface area contributed by atoms with E-state index in [-0.39, 0.29) is 28.6 Å². The van der Waals surface area contributed by atoms with E-state index in [1.807, 2.05) is 30.7 Å². The quantitative estimate of drug-likeness (QED) is 0.341. The van der Waals surface area contributed by atoms with Crippen LogP contribution in [0.25, 0.3) is 0 Å². The number of nitrogens with zero attached hydrogens (tertiary/aromatic N) is 4. The third-order valence-electron chi connectivity index (χ3n) is 9.28. The molecule has 0 atom stereocenters. The van der Waals surface area contributed by atoms with Gasteiger partial charge < -0.3 is 20.1 Å². The highest BCUT2D eigenvalue weighted by atomic mass is 19.4. The summed E-state index contributed by atoms with van der Waals surface area (Å²) in [6.07, 6.45) is 1.97. The number of halogens is 3. The standard InChI is InChI=1S/C31H37F3N6O/c1-5-35-22-11-21(30(14-19(2)15-30)28-38-37-18-39(28)4)12-23(13-22)40-17-25-24(27(40)41)9-20(10-26(25)31(32,33)34)16-36-29(3)7-6-8-29/h9-13,18-19,35-36H,5-8,14-17H2,1-4H3. The molecular weight excluding hydrogens is 529 g/mol. The maximum atomic E-state index is 14.3. The summed E-state index contributed by atoms with van der Waals surface area (Å²) in [5, 5.41) is 15.3. The molecule has 0 bridgehead atoms. The lowest BCUT2D eigenvalue weighted by Crippen LogP contribution is -2.47. The third kappa shape index (κ3) is 4.79. The fourth-order valence-electron chi connectivity index (χ4n) is 6.97. The Morgan fingerprint density at radius 3 is 2.46 bits per heavy atom. The fraction of sp³-hybridized carbons (Fsp3) is 0.516. The summed E-state index contributed by atoms with van der Waals surface area (Å²) < 4.78 is 44.9. The van der Waals surface area contributed by atoms with Gasteiger partial charge in [-0.25, -0.2) is 0 Å². The highest BCUT2D eigenvalue weighted by molar-refractivity contribution is 6.10. The van der Waals surface area contributed by atoms with Gasteiger partial charge in [-0.2, -0.15) is 13.2 Å². The van der Waals surface area contributed by atoms with E-state index in [0.717, 1.165) is 49.2 Å². The number of hydrogen-bond donors (Lipinski definition) is 2. The second-order valence-electron chi connectivity index (χ2n) is 12.5. The Labute approximate surface area is 238 Å². The zero-order valence-electron chi connectivity index (χ0n) is 24.0. The van der Waals surface area contributed by atoms with Crippen LogP contribution in [0.4, 0.5) is 24.5 Å². The van der Waals surface area contributed by atoms with Crippen molar-refractivity contribution in [3.63, 3.8) is 0 Å². The average molecular weight is 567 g/mol. The molecule has 2 N–H and O–H groups in total. The molecule has 2 heterocycles. The molecule has 218 valence electrons. The molecule has 0 saturated heterocycles. The molecule has 2 fully saturated rings. The van der Waals surface area contributed by atoms with E-state index in [2.05, 4.69) is 40.7 Å². The van der Waals surface area contributed by atoms with Crippen LogP contribution in [0.15, 0.2) is 36.7 Å². The van der Waals surface area contributed by atoms with Gasteiger partial charge in [-0.3, -0.25) is 4.79 Å². The molecule has 1 amide bonds. The van der Waals surface area contributed by atoms with Gasteiger partial charge in [0.15, 0.2) is 0 Å².